The van der Waals surface area contributed by atoms with Crippen LogP contribution in [0.15, 0.2) is 60.7 Å². The molecule has 1 unspecified atom stereocenters. The SMILES string of the molecule is [Cl-].[Cl-].[Hf].c1ccc2[cH-]c(-p3c4c(c5ccccc53)CCCC4)cc2c1. The van der Waals surface area contributed by atoms with E-state index in [2.05, 4.69) is 60.7 Å². The van der Waals surface area contributed by atoms with Crippen LogP contribution < -0.4 is 24.8 Å². The standard InChI is InChI=1S/C21H18P.2ClH.Hf/c1-2-8-16-14-17(13-15(16)7-1)22-20-11-5-3-9-18(20)19-10-4-6-12-21(19)22;;;/h1-3,5,7-9,11,13-14H,4,6,10,12H2;2*1H;/q-1;;;/p-2. The molecule has 0 spiro atoms. The van der Waals surface area contributed by atoms with Crippen LogP contribution in [0.1, 0.15) is 23.7 Å². The maximum absolute atomic E-state index is 2.43. The summed E-state index contributed by atoms with van der Waals surface area (Å²) in [5.41, 5.74) is 1.68. The Morgan fingerprint density at radius 1 is 0.840 bits per heavy atom. The van der Waals surface area contributed by atoms with E-state index in [4.69, 9.17) is 0 Å². The molecule has 1 atom stereocenters. The molecule has 0 saturated heterocycles. The van der Waals surface area contributed by atoms with Crippen LogP contribution in [0.25, 0.3) is 26.6 Å². The number of halogens is 2. The largest absolute Gasteiger partial charge is 1.00 e. The molecule has 0 N–H and O–H groups in total. The Bertz CT molecular complexity index is 967. The van der Waals surface area contributed by atoms with Gasteiger partial charge in [-0.2, -0.15) is 6.07 Å². The number of hydrogen-bond donors (Lipinski definition) is 0. The second-order valence-electron chi connectivity index (χ2n) is 6.33. The Kier molecular flexibility index (Phi) is 7.08. The van der Waals surface area contributed by atoms with Gasteiger partial charge in [0.15, 0.2) is 0 Å². The van der Waals surface area contributed by atoms with Crippen LogP contribution in [-0.2, 0) is 38.7 Å². The summed E-state index contributed by atoms with van der Waals surface area (Å²) in [7, 11) is -0.281. The second-order valence-corrected chi connectivity index (χ2v) is 8.54. The third kappa shape index (κ3) is 3.42. The summed E-state index contributed by atoms with van der Waals surface area (Å²) in [6, 6.07) is 22.8. The molecule has 128 valence electrons. The van der Waals surface area contributed by atoms with Crippen LogP contribution in [0.4, 0.5) is 0 Å². The van der Waals surface area contributed by atoms with Gasteiger partial charge in [0.25, 0.3) is 0 Å². The van der Waals surface area contributed by atoms with Crippen molar-refractivity contribution in [1.82, 2.24) is 0 Å². The van der Waals surface area contributed by atoms with Gasteiger partial charge in [-0.25, -0.2) is 0 Å². The van der Waals surface area contributed by atoms with E-state index in [0.29, 0.717) is 0 Å². The van der Waals surface area contributed by atoms with Crippen LogP contribution in [0, 0.1) is 0 Å². The minimum Gasteiger partial charge on any atom is -1.00 e. The van der Waals surface area contributed by atoms with Gasteiger partial charge in [0.2, 0.25) is 0 Å². The number of aryl methyl sites for hydroxylation is 1. The molecule has 4 heteroatoms. The molecular weight excluding hydrogens is 533 g/mol. The molecular formula is C21H18Cl2HfP-3. The molecule has 4 aromatic rings. The molecule has 1 aliphatic carbocycles. The summed E-state index contributed by atoms with van der Waals surface area (Å²) in [5, 5.41) is 9.24. The van der Waals surface area contributed by atoms with Crippen molar-refractivity contribution in [1.29, 1.82) is 0 Å². The van der Waals surface area contributed by atoms with Crippen LogP contribution in [-0.4, -0.2) is 0 Å². The van der Waals surface area contributed by atoms with E-state index in [9.17, 15) is 0 Å². The van der Waals surface area contributed by atoms with E-state index in [1.807, 2.05) is 0 Å². The number of hydrogen-bond acceptors (Lipinski definition) is 0. The fourth-order valence-electron chi connectivity index (χ4n) is 4.05. The first-order chi connectivity index (χ1) is 10.9. The van der Waals surface area contributed by atoms with Crippen molar-refractivity contribution in [2.24, 2.45) is 0 Å². The summed E-state index contributed by atoms with van der Waals surface area (Å²) in [4.78, 5) is 0. The molecule has 0 radical (unpaired) electrons. The third-order valence-corrected chi connectivity index (χ3v) is 7.72. The zero-order valence-electron chi connectivity index (χ0n) is 13.8. The normalized spacial score (nSPS) is 13.5. The molecule has 0 fully saturated rings. The van der Waals surface area contributed by atoms with Gasteiger partial charge < -0.3 is 24.8 Å². The average molecular weight is 551 g/mol. The van der Waals surface area contributed by atoms with Crippen molar-refractivity contribution >= 4 is 28.8 Å². The Hall–Kier alpha value is -0.460. The van der Waals surface area contributed by atoms with Gasteiger partial charge in [0, 0.05) is 31.0 Å². The van der Waals surface area contributed by atoms with Gasteiger partial charge in [-0.05, 0) is 41.9 Å². The summed E-state index contributed by atoms with van der Waals surface area (Å²) in [5.74, 6) is 0. The first kappa shape index (κ1) is 20.8. The quantitative estimate of drug-likeness (QED) is 0.240. The summed E-state index contributed by atoms with van der Waals surface area (Å²) in [6.45, 7) is 0. The number of rotatable bonds is 1. The van der Waals surface area contributed by atoms with E-state index in [0.717, 1.165) is 0 Å². The van der Waals surface area contributed by atoms with E-state index in [1.54, 1.807) is 26.7 Å². The van der Waals surface area contributed by atoms with Crippen molar-refractivity contribution in [3.05, 3.63) is 71.5 Å². The van der Waals surface area contributed by atoms with Crippen molar-refractivity contribution < 1.29 is 50.7 Å². The van der Waals surface area contributed by atoms with Crippen molar-refractivity contribution in [2.75, 3.05) is 0 Å². The molecule has 0 amide bonds. The Morgan fingerprint density at radius 3 is 2.40 bits per heavy atom. The van der Waals surface area contributed by atoms with Gasteiger partial charge >= 0.3 is 0 Å². The van der Waals surface area contributed by atoms with Crippen molar-refractivity contribution in [3.8, 4) is 5.30 Å². The van der Waals surface area contributed by atoms with Gasteiger partial charge in [-0.1, -0.05) is 35.6 Å². The monoisotopic (exact) mass is 551 g/mol. The Balaban J connectivity index is 0.000000751. The molecule has 3 aromatic carbocycles. The van der Waals surface area contributed by atoms with Crippen LogP contribution in [0.2, 0.25) is 0 Å². The predicted octanol–water partition coefficient (Wildman–Crippen LogP) is 0.572. The molecule has 25 heavy (non-hydrogen) atoms. The van der Waals surface area contributed by atoms with Crippen LogP contribution in [0.3, 0.4) is 0 Å². The molecule has 1 aromatic heterocycles. The van der Waals surface area contributed by atoms with E-state index in [1.165, 1.54) is 36.5 Å². The summed E-state index contributed by atoms with van der Waals surface area (Å²) in [6.07, 6.45) is 5.31. The fourth-order valence-corrected chi connectivity index (χ4v) is 7.04. The molecule has 1 heterocycles. The minimum atomic E-state index is -0.281. The first-order valence-electron chi connectivity index (χ1n) is 8.19. The number of fused-ring (bicyclic) bond motifs is 4. The second kappa shape index (κ2) is 8.49. The predicted molar refractivity (Wildman–Crippen MR) is 97.7 cm³/mol. The molecule has 1 aliphatic rings. The maximum atomic E-state index is 2.43. The first-order valence-corrected chi connectivity index (χ1v) is 9.53. The van der Waals surface area contributed by atoms with Crippen LogP contribution >= 0.6 is 7.53 Å². The summed E-state index contributed by atoms with van der Waals surface area (Å²) < 4.78 is 0. The topological polar surface area (TPSA) is 0 Å². The molecule has 0 bridgehead atoms. The van der Waals surface area contributed by atoms with Gasteiger partial charge in [0.05, 0.1) is 0 Å². The zero-order valence-corrected chi connectivity index (χ0v) is 19.8. The maximum Gasteiger partial charge on any atom is 0.00467 e. The van der Waals surface area contributed by atoms with Crippen molar-refractivity contribution in [3.63, 3.8) is 0 Å². The molecule has 0 nitrogen and oxygen atoms in total. The van der Waals surface area contributed by atoms with E-state index >= 15 is 0 Å². The van der Waals surface area contributed by atoms with Gasteiger partial charge in [-0.3, -0.25) is 0 Å². The van der Waals surface area contributed by atoms with Crippen molar-refractivity contribution in [2.45, 2.75) is 25.7 Å². The summed E-state index contributed by atoms with van der Waals surface area (Å²) >= 11 is 0. The average Bonchev–Trinajstić information content (AvgIpc) is 3.13. The van der Waals surface area contributed by atoms with E-state index < -0.39 is 0 Å². The fraction of sp³-hybridized carbons (Fsp3) is 0.190. The molecule has 0 aliphatic heterocycles. The third-order valence-electron chi connectivity index (χ3n) is 5.04. The number of benzene rings is 2. The van der Waals surface area contributed by atoms with Gasteiger partial charge in [0.1, 0.15) is 0 Å². The smallest absolute Gasteiger partial charge is 0.00467 e. The minimum absolute atomic E-state index is 0. The van der Waals surface area contributed by atoms with Gasteiger partial charge in [-0.15, -0.1) is 42.6 Å². The Morgan fingerprint density at radius 2 is 1.56 bits per heavy atom. The molecule has 0 saturated carbocycles. The van der Waals surface area contributed by atoms with Crippen LogP contribution in [0.5, 0.6) is 0 Å². The van der Waals surface area contributed by atoms with E-state index in [-0.39, 0.29) is 58.2 Å². The zero-order chi connectivity index (χ0) is 14.5. The molecule has 5 rings (SSSR count). The Labute approximate surface area is 181 Å².